The Morgan fingerprint density at radius 3 is 2.62 bits per heavy atom. The fourth-order valence-electron chi connectivity index (χ4n) is 3.88. The Hall–Kier alpha value is -2.05. The number of methoxy groups -OCH3 is 1. The van der Waals surface area contributed by atoms with E-state index in [-0.39, 0.29) is 0 Å². The highest BCUT2D eigenvalue weighted by molar-refractivity contribution is 7.99. The third-order valence-electron chi connectivity index (χ3n) is 5.45. The zero-order valence-corrected chi connectivity index (χ0v) is 18.0. The van der Waals surface area contributed by atoms with Crippen LogP contribution in [0.15, 0.2) is 47.4 Å². The van der Waals surface area contributed by atoms with E-state index in [1.54, 1.807) is 7.11 Å². The van der Waals surface area contributed by atoms with E-state index in [9.17, 15) is 0 Å². The van der Waals surface area contributed by atoms with Crippen LogP contribution in [0.4, 0.5) is 5.69 Å². The molecule has 0 saturated carbocycles. The molecule has 2 heterocycles. The van der Waals surface area contributed by atoms with Crippen molar-refractivity contribution in [3.8, 4) is 17.2 Å². The monoisotopic (exact) mass is 414 g/mol. The first-order valence-electron chi connectivity index (χ1n) is 10.5. The molecule has 2 aromatic carbocycles. The van der Waals surface area contributed by atoms with Gasteiger partial charge in [0.1, 0.15) is 19.0 Å². The molecule has 0 aliphatic carbocycles. The topological polar surface area (TPSA) is 34.2 Å². The van der Waals surface area contributed by atoms with Gasteiger partial charge in [-0.25, -0.2) is 0 Å². The van der Waals surface area contributed by atoms with Crippen LogP contribution in [0, 0.1) is 0 Å². The maximum Gasteiger partial charge on any atom is 0.184 e. The molecule has 0 aromatic heterocycles. The molecule has 0 spiro atoms. The average molecular weight is 415 g/mol. The van der Waals surface area contributed by atoms with Gasteiger partial charge in [-0.15, -0.1) is 11.8 Å². The van der Waals surface area contributed by atoms with Gasteiger partial charge in [0.2, 0.25) is 0 Å². The Morgan fingerprint density at radius 1 is 0.931 bits per heavy atom. The molecule has 0 atom stereocenters. The summed E-state index contributed by atoms with van der Waals surface area (Å²) in [4.78, 5) is 6.25. The van der Waals surface area contributed by atoms with Crippen LogP contribution in [0.5, 0.6) is 17.2 Å². The van der Waals surface area contributed by atoms with Gasteiger partial charge in [-0.3, -0.25) is 4.90 Å². The molecule has 4 rings (SSSR count). The van der Waals surface area contributed by atoms with Crippen molar-refractivity contribution in [2.45, 2.75) is 17.7 Å². The number of hydrogen-bond donors (Lipinski definition) is 0. The third-order valence-corrected chi connectivity index (χ3v) is 6.59. The number of ether oxygens (including phenoxy) is 3. The van der Waals surface area contributed by atoms with Crippen LogP contribution >= 0.6 is 11.8 Å². The molecule has 2 aromatic rings. The molecule has 0 radical (unpaired) electrons. The second-order valence-corrected chi connectivity index (χ2v) is 8.47. The zero-order valence-electron chi connectivity index (χ0n) is 17.1. The number of nitrogens with zero attached hydrogens (tertiary/aromatic N) is 2. The molecule has 5 nitrogen and oxygen atoms in total. The Morgan fingerprint density at radius 2 is 1.76 bits per heavy atom. The summed E-state index contributed by atoms with van der Waals surface area (Å²) in [5, 5.41) is 0. The van der Waals surface area contributed by atoms with Crippen LogP contribution < -0.4 is 19.1 Å². The summed E-state index contributed by atoms with van der Waals surface area (Å²) in [6.07, 6.45) is 2.46. The quantitative estimate of drug-likeness (QED) is 0.477. The number of para-hydroxylation sites is 2. The molecule has 0 unspecified atom stereocenters. The molecule has 29 heavy (non-hydrogen) atoms. The van der Waals surface area contributed by atoms with Crippen molar-refractivity contribution in [3.05, 3.63) is 42.5 Å². The maximum absolute atomic E-state index is 5.89. The van der Waals surface area contributed by atoms with Crippen molar-refractivity contribution in [1.29, 1.82) is 0 Å². The van der Waals surface area contributed by atoms with Crippen LogP contribution in [-0.4, -0.2) is 63.7 Å². The second kappa shape index (κ2) is 10.1. The second-order valence-electron chi connectivity index (χ2n) is 7.34. The Labute approximate surface area is 177 Å². The van der Waals surface area contributed by atoms with Crippen LogP contribution in [0.25, 0.3) is 0 Å². The zero-order chi connectivity index (χ0) is 19.9. The molecule has 0 amide bonds. The highest BCUT2D eigenvalue weighted by Crippen LogP contribution is 2.39. The summed E-state index contributed by atoms with van der Waals surface area (Å²) in [5.74, 6) is 3.91. The van der Waals surface area contributed by atoms with Gasteiger partial charge in [0.05, 0.1) is 12.8 Å². The van der Waals surface area contributed by atoms with Gasteiger partial charge >= 0.3 is 0 Å². The fourth-order valence-corrected chi connectivity index (χ4v) is 4.91. The first-order chi connectivity index (χ1) is 14.3. The van der Waals surface area contributed by atoms with Crippen molar-refractivity contribution in [2.24, 2.45) is 0 Å². The predicted molar refractivity (Wildman–Crippen MR) is 119 cm³/mol. The Balaban J connectivity index is 1.18. The van der Waals surface area contributed by atoms with E-state index in [1.165, 1.54) is 30.0 Å². The smallest absolute Gasteiger partial charge is 0.184 e. The molecular formula is C23H30N2O3S. The third kappa shape index (κ3) is 5.11. The minimum absolute atomic E-state index is 0.636. The lowest BCUT2D eigenvalue weighted by Gasteiger charge is -2.37. The number of thioether (sulfide) groups is 1. The molecule has 1 saturated heterocycles. The lowest BCUT2D eigenvalue weighted by Crippen LogP contribution is -2.46. The summed E-state index contributed by atoms with van der Waals surface area (Å²) in [7, 11) is 1.74. The van der Waals surface area contributed by atoms with Crippen molar-refractivity contribution in [1.82, 2.24) is 4.90 Å². The van der Waals surface area contributed by atoms with E-state index >= 15 is 0 Å². The molecule has 156 valence electrons. The minimum atomic E-state index is 0.636. The van der Waals surface area contributed by atoms with Crippen molar-refractivity contribution >= 4 is 17.4 Å². The molecule has 2 aliphatic rings. The first-order valence-corrected chi connectivity index (χ1v) is 11.5. The lowest BCUT2D eigenvalue weighted by atomic mass is 10.2. The SMILES string of the molecule is COc1ccccc1SCCCCN1CCN(c2cccc3c2OCCO3)CC1. The molecular weight excluding hydrogens is 384 g/mol. The van der Waals surface area contributed by atoms with Gasteiger partial charge in [0.25, 0.3) is 0 Å². The summed E-state index contributed by atoms with van der Waals surface area (Å²) in [6.45, 7) is 6.73. The van der Waals surface area contributed by atoms with Gasteiger partial charge in [-0.1, -0.05) is 18.2 Å². The standard InChI is InChI=1S/C23H30N2O3S/c1-26-20-8-2-3-10-22(20)29-18-5-4-11-24-12-14-25(15-13-24)19-7-6-9-21-23(19)28-17-16-27-21/h2-3,6-10H,4-5,11-18H2,1H3. The minimum Gasteiger partial charge on any atom is -0.496 e. The van der Waals surface area contributed by atoms with Crippen molar-refractivity contribution < 1.29 is 14.2 Å². The number of anilines is 1. The number of fused-ring (bicyclic) bond motifs is 1. The molecule has 0 N–H and O–H groups in total. The van der Waals surface area contributed by atoms with Gasteiger partial charge < -0.3 is 19.1 Å². The van der Waals surface area contributed by atoms with E-state index in [1.807, 2.05) is 30.0 Å². The van der Waals surface area contributed by atoms with Gasteiger partial charge in [0, 0.05) is 31.1 Å². The Bertz CT molecular complexity index is 793. The van der Waals surface area contributed by atoms with Gasteiger partial charge in [0.15, 0.2) is 11.5 Å². The van der Waals surface area contributed by atoms with Crippen molar-refractivity contribution in [3.63, 3.8) is 0 Å². The van der Waals surface area contributed by atoms with Crippen LogP contribution in [0.3, 0.4) is 0 Å². The van der Waals surface area contributed by atoms with Crippen LogP contribution in [0.2, 0.25) is 0 Å². The van der Waals surface area contributed by atoms with E-state index in [2.05, 4.69) is 34.1 Å². The molecule has 6 heteroatoms. The van der Waals surface area contributed by atoms with Crippen molar-refractivity contribution in [2.75, 3.05) is 63.7 Å². The average Bonchev–Trinajstić information content (AvgIpc) is 2.79. The van der Waals surface area contributed by atoms with Gasteiger partial charge in [-0.2, -0.15) is 0 Å². The number of piperazine rings is 1. The first kappa shape index (κ1) is 20.2. The Kier molecular flexibility index (Phi) is 7.06. The van der Waals surface area contributed by atoms with E-state index < -0.39 is 0 Å². The van der Waals surface area contributed by atoms with Crippen LogP contribution in [0.1, 0.15) is 12.8 Å². The number of hydrogen-bond acceptors (Lipinski definition) is 6. The lowest BCUT2D eigenvalue weighted by molar-refractivity contribution is 0.171. The summed E-state index contributed by atoms with van der Waals surface area (Å²) >= 11 is 1.89. The largest absolute Gasteiger partial charge is 0.496 e. The number of unbranched alkanes of at least 4 members (excludes halogenated alkanes) is 1. The molecule has 2 aliphatic heterocycles. The highest BCUT2D eigenvalue weighted by atomic mass is 32.2. The highest BCUT2D eigenvalue weighted by Gasteiger charge is 2.23. The number of rotatable bonds is 8. The summed E-state index contributed by atoms with van der Waals surface area (Å²) < 4.78 is 17.0. The number of benzene rings is 2. The van der Waals surface area contributed by atoms with Gasteiger partial charge in [-0.05, 0) is 49.4 Å². The van der Waals surface area contributed by atoms with E-state index in [4.69, 9.17) is 14.2 Å². The summed E-state index contributed by atoms with van der Waals surface area (Å²) in [6, 6.07) is 14.5. The van der Waals surface area contributed by atoms with Crippen LogP contribution in [-0.2, 0) is 0 Å². The summed E-state index contributed by atoms with van der Waals surface area (Å²) in [5.41, 5.74) is 1.18. The maximum atomic E-state index is 5.89. The molecule has 0 bridgehead atoms. The normalized spacial score (nSPS) is 16.7. The fraction of sp³-hybridized carbons (Fsp3) is 0.478. The van der Waals surface area contributed by atoms with E-state index in [0.29, 0.717) is 13.2 Å². The predicted octanol–water partition coefficient (Wildman–Crippen LogP) is 4.16. The van der Waals surface area contributed by atoms with E-state index in [0.717, 1.165) is 49.2 Å². The molecule has 1 fully saturated rings.